The summed E-state index contributed by atoms with van der Waals surface area (Å²) in [6.07, 6.45) is 1.15. The first-order valence-electron chi connectivity index (χ1n) is 5.67. The number of nitrogens with one attached hydrogen (secondary N) is 1. The molecule has 0 radical (unpaired) electrons. The van der Waals surface area contributed by atoms with Gasteiger partial charge in [0.05, 0.1) is 0 Å². The molecule has 0 heterocycles. The van der Waals surface area contributed by atoms with E-state index in [1.807, 2.05) is 23.9 Å². The molecule has 1 rings (SSSR count). The molecule has 0 bridgehead atoms. The van der Waals surface area contributed by atoms with Crippen LogP contribution in [0.1, 0.15) is 27.2 Å². The van der Waals surface area contributed by atoms with E-state index in [9.17, 15) is 0 Å². The van der Waals surface area contributed by atoms with Gasteiger partial charge >= 0.3 is 0 Å². The van der Waals surface area contributed by atoms with Crippen molar-refractivity contribution in [3.8, 4) is 0 Å². The average molecular weight is 258 g/mol. The zero-order valence-electron chi connectivity index (χ0n) is 10.2. The van der Waals surface area contributed by atoms with Crippen molar-refractivity contribution in [1.29, 1.82) is 0 Å². The van der Waals surface area contributed by atoms with Gasteiger partial charge in [0.15, 0.2) is 0 Å². The number of halogens is 1. The molecule has 0 aliphatic heterocycles. The summed E-state index contributed by atoms with van der Waals surface area (Å²) in [7, 11) is 0. The molecule has 90 valence electrons. The summed E-state index contributed by atoms with van der Waals surface area (Å²) in [5.74, 6) is 1.09. The zero-order valence-corrected chi connectivity index (χ0v) is 11.8. The third kappa shape index (κ3) is 5.24. The first kappa shape index (κ1) is 13.9. The minimum absolute atomic E-state index is 0.251. The van der Waals surface area contributed by atoms with Gasteiger partial charge in [0, 0.05) is 27.8 Å². The summed E-state index contributed by atoms with van der Waals surface area (Å²) in [4.78, 5) is 1.28. The van der Waals surface area contributed by atoms with E-state index < -0.39 is 0 Å². The molecule has 0 unspecified atom stereocenters. The van der Waals surface area contributed by atoms with Gasteiger partial charge in [0.2, 0.25) is 0 Å². The zero-order chi connectivity index (χ0) is 12.0. The molecule has 0 amide bonds. The Bertz CT molecular complexity index is 308. The van der Waals surface area contributed by atoms with Crippen LogP contribution >= 0.6 is 23.4 Å². The van der Waals surface area contributed by atoms with E-state index in [0.29, 0.717) is 0 Å². The quantitative estimate of drug-likeness (QED) is 0.605. The lowest BCUT2D eigenvalue weighted by atomic mass is 10.0. The molecule has 1 aromatic rings. The van der Waals surface area contributed by atoms with Crippen molar-refractivity contribution < 1.29 is 0 Å². The molecular formula is C13H20ClNS. The Balaban J connectivity index is 2.23. The lowest BCUT2D eigenvalue weighted by molar-refractivity contribution is 0.388. The molecule has 0 aromatic heterocycles. The van der Waals surface area contributed by atoms with Crippen molar-refractivity contribution in [2.24, 2.45) is 0 Å². The third-order valence-electron chi connectivity index (χ3n) is 2.67. The second kappa shape index (κ2) is 6.53. The maximum Gasteiger partial charge on any atom is 0.0406 e. The van der Waals surface area contributed by atoms with Crippen LogP contribution in [0, 0.1) is 0 Å². The number of benzene rings is 1. The lowest BCUT2D eigenvalue weighted by Gasteiger charge is -2.24. The minimum Gasteiger partial charge on any atom is -0.311 e. The summed E-state index contributed by atoms with van der Waals surface area (Å²) in [6, 6.07) is 8.01. The van der Waals surface area contributed by atoms with E-state index in [1.54, 1.807) is 0 Å². The topological polar surface area (TPSA) is 12.0 Å². The van der Waals surface area contributed by atoms with Gasteiger partial charge in [-0.05, 0) is 44.5 Å². The molecule has 1 nitrogen and oxygen atoms in total. The summed E-state index contributed by atoms with van der Waals surface area (Å²) in [5.41, 5.74) is 0.251. The van der Waals surface area contributed by atoms with E-state index in [2.05, 4.69) is 38.2 Å². The second-order valence-corrected chi connectivity index (χ2v) is 6.07. The number of rotatable bonds is 6. The van der Waals surface area contributed by atoms with Crippen molar-refractivity contribution >= 4 is 23.4 Å². The highest BCUT2D eigenvalue weighted by Crippen LogP contribution is 2.20. The Hall–Kier alpha value is -0.180. The van der Waals surface area contributed by atoms with Crippen LogP contribution in [-0.2, 0) is 0 Å². The Labute approximate surface area is 108 Å². The largest absolute Gasteiger partial charge is 0.311 e. The Morgan fingerprint density at radius 1 is 1.25 bits per heavy atom. The summed E-state index contributed by atoms with van der Waals surface area (Å²) in [6.45, 7) is 7.72. The predicted molar refractivity (Wildman–Crippen MR) is 74.5 cm³/mol. The van der Waals surface area contributed by atoms with Crippen LogP contribution in [-0.4, -0.2) is 17.8 Å². The third-order valence-corrected chi connectivity index (χ3v) is 3.94. The predicted octanol–water partition coefficient (Wildman–Crippen LogP) is 4.21. The highest BCUT2D eigenvalue weighted by Gasteiger charge is 2.12. The van der Waals surface area contributed by atoms with Crippen LogP contribution in [0.25, 0.3) is 0 Å². The molecule has 0 atom stereocenters. The van der Waals surface area contributed by atoms with E-state index in [-0.39, 0.29) is 5.54 Å². The molecule has 1 aromatic carbocycles. The Kier molecular flexibility index (Phi) is 5.67. The minimum atomic E-state index is 0.251. The highest BCUT2D eigenvalue weighted by molar-refractivity contribution is 7.99. The Morgan fingerprint density at radius 3 is 2.44 bits per heavy atom. The van der Waals surface area contributed by atoms with Crippen LogP contribution in [0.5, 0.6) is 0 Å². The van der Waals surface area contributed by atoms with Crippen LogP contribution in [0.4, 0.5) is 0 Å². The molecule has 0 saturated heterocycles. The highest BCUT2D eigenvalue weighted by atomic mass is 35.5. The van der Waals surface area contributed by atoms with Crippen molar-refractivity contribution in [2.75, 3.05) is 12.3 Å². The van der Waals surface area contributed by atoms with Gasteiger partial charge in [-0.3, -0.25) is 0 Å². The molecule has 0 fully saturated rings. The smallest absolute Gasteiger partial charge is 0.0406 e. The first-order valence-corrected chi connectivity index (χ1v) is 7.03. The van der Waals surface area contributed by atoms with Gasteiger partial charge in [0.1, 0.15) is 0 Å². The normalized spacial score (nSPS) is 11.8. The molecular weight excluding hydrogens is 238 g/mol. The molecule has 0 aliphatic carbocycles. The molecule has 16 heavy (non-hydrogen) atoms. The maximum absolute atomic E-state index is 5.83. The average Bonchev–Trinajstić information content (AvgIpc) is 2.27. The van der Waals surface area contributed by atoms with E-state index >= 15 is 0 Å². The van der Waals surface area contributed by atoms with Gasteiger partial charge in [-0.15, -0.1) is 11.8 Å². The van der Waals surface area contributed by atoms with Crippen molar-refractivity contribution in [2.45, 2.75) is 37.6 Å². The van der Waals surface area contributed by atoms with E-state index in [0.717, 1.165) is 23.7 Å². The van der Waals surface area contributed by atoms with Gasteiger partial charge in [0.25, 0.3) is 0 Å². The van der Waals surface area contributed by atoms with Gasteiger partial charge < -0.3 is 5.32 Å². The monoisotopic (exact) mass is 257 g/mol. The van der Waals surface area contributed by atoms with Crippen LogP contribution in [0.15, 0.2) is 29.2 Å². The molecule has 3 heteroatoms. The summed E-state index contributed by atoms with van der Waals surface area (Å²) in [5, 5.41) is 4.34. The number of thioether (sulfide) groups is 1. The van der Waals surface area contributed by atoms with Crippen LogP contribution < -0.4 is 5.32 Å². The van der Waals surface area contributed by atoms with Crippen molar-refractivity contribution in [1.82, 2.24) is 5.32 Å². The summed E-state index contributed by atoms with van der Waals surface area (Å²) < 4.78 is 0. The van der Waals surface area contributed by atoms with Crippen molar-refractivity contribution in [3.05, 3.63) is 29.3 Å². The Morgan fingerprint density at radius 2 is 1.88 bits per heavy atom. The van der Waals surface area contributed by atoms with Crippen LogP contribution in [0.3, 0.4) is 0 Å². The van der Waals surface area contributed by atoms with Gasteiger partial charge in [-0.25, -0.2) is 0 Å². The van der Waals surface area contributed by atoms with E-state index in [4.69, 9.17) is 11.6 Å². The SMILES string of the molecule is CCC(C)(C)NCCSc1ccc(Cl)cc1. The lowest BCUT2D eigenvalue weighted by Crippen LogP contribution is -2.39. The van der Waals surface area contributed by atoms with Gasteiger partial charge in [-0.2, -0.15) is 0 Å². The van der Waals surface area contributed by atoms with Crippen molar-refractivity contribution in [3.63, 3.8) is 0 Å². The first-order chi connectivity index (χ1) is 7.53. The molecule has 1 N–H and O–H groups in total. The van der Waals surface area contributed by atoms with Gasteiger partial charge in [-0.1, -0.05) is 18.5 Å². The number of hydrogen-bond donors (Lipinski definition) is 1. The second-order valence-electron chi connectivity index (χ2n) is 4.47. The standard InChI is InChI=1S/C13H20ClNS/c1-4-13(2,3)15-9-10-16-12-7-5-11(14)6-8-12/h5-8,15H,4,9-10H2,1-3H3. The molecule has 0 spiro atoms. The fourth-order valence-electron chi connectivity index (χ4n) is 1.21. The number of hydrogen-bond acceptors (Lipinski definition) is 2. The fraction of sp³-hybridized carbons (Fsp3) is 0.538. The fourth-order valence-corrected chi connectivity index (χ4v) is 2.11. The molecule has 0 saturated carbocycles. The van der Waals surface area contributed by atoms with E-state index in [1.165, 1.54) is 4.90 Å². The summed E-state index contributed by atoms with van der Waals surface area (Å²) >= 11 is 7.69. The van der Waals surface area contributed by atoms with Crippen LogP contribution in [0.2, 0.25) is 5.02 Å². The molecule has 0 aliphatic rings. The maximum atomic E-state index is 5.83.